The number of hydrogen-bond donors (Lipinski definition) is 2. The van der Waals surface area contributed by atoms with Crippen molar-refractivity contribution in [3.8, 4) is 29.1 Å². The highest BCUT2D eigenvalue weighted by molar-refractivity contribution is 6.25. The highest BCUT2D eigenvalue weighted by atomic mass is 16.6. The van der Waals surface area contributed by atoms with E-state index in [0.717, 1.165) is 27.2 Å². The van der Waals surface area contributed by atoms with E-state index in [-0.39, 0.29) is 37.6 Å². The second-order valence-electron chi connectivity index (χ2n) is 20.9. The lowest BCUT2D eigenvalue weighted by Crippen LogP contribution is -2.58. The molecule has 2 fully saturated rings. The van der Waals surface area contributed by atoms with E-state index in [1.54, 1.807) is 69.4 Å². The summed E-state index contributed by atoms with van der Waals surface area (Å²) < 4.78 is 29.4. The van der Waals surface area contributed by atoms with Gasteiger partial charge in [-0.05, 0) is 101 Å². The quantitative estimate of drug-likeness (QED) is 0.0756. The first-order valence-electron chi connectivity index (χ1n) is 26.9. The minimum atomic E-state index is -2.14. The number of aliphatic hydroxyl groups is 1. The second-order valence-corrected chi connectivity index (χ2v) is 20.9. The first-order chi connectivity index (χ1) is 38.8. The van der Waals surface area contributed by atoms with Crippen LogP contribution in [0.2, 0.25) is 0 Å². The number of ether oxygens (including phenoxy) is 5. The molecule has 16 heteroatoms. The van der Waals surface area contributed by atoms with Crippen LogP contribution in [0, 0.1) is 23.7 Å². The Bertz CT molecular complexity index is 3350. The molecule has 0 aliphatic carbocycles. The Labute approximate surface area is 466 Å². The Kier molecular flexibility index (Phi) is 16.1. The van der Waals surface area contributed by atoms with E-state index in [1.807, 2.05) is 121 Å². The van der Waals surface area contributed by atoms with E-state index >= 15 is 19.2 Å². The molecule has 16 nitrogen and oxygen atoms in total. The van der Waals surface area contributed by atoms with Crippen molar-refractivity contribution >= 4 is 35.5 Å². The molecule has 4 heterocycles. The number of fused-ring (bicyclic) bond motifs is 4. The summed E-state index contributed by atoms with van der Waals surface area (Å²) in [6.07, 6.45) is -0.570. The lowest BCUT2D eigenvalue weighted by Gasteiger charge is -2.46. The molecular formula is C64H65N5O11. The number of amides is 4. The standard InChI is InChI=1S/C64H65N5O11/c1-40(2)54(60(72)78-6)65-63(75)68-50-28-27-41(20-17-30-66(3)38-42-18-10-7-11-19-42)34-49(50)64(62(68)74)53(59(71)67-31-29-45-36-51(76-4)52(77-5)37-47(45)39-67)56-61(73)80-57(44-23-14-9-15-24-44)55(43-21-12-8-13-22-43)69(56)58(64)46-25-16-26-48(35-46)79-33-32-70/h7-16,18-19,21-28,34-37,40,53-58,70H,29-33,38-39H2,1-6H3,(H,65,75). The van der Waals surface area contributed by atoms with E-state index in [4.69, 9.17) is 23.7 Å². The van der Waals surface area contributed by atoms with Crippen LogP contribution in [0.5, 0.6) is 17.2 Å². The first kappa shape index (κ1) is 54.8. The molecule has 4 aliphatic rings. The fourth-order valence-electron chi connectivity index (χ4n) is 12.2. The summed E-state index contributed by atoms with van der Waals surface area (Å²) in [5.41, 5.74) is 3.44. The number of carbonyl (C=O) groups is 5. The van der Waals surface area contributed by atoms with Crippen molar-refractivity contribution in [2.45, 2.75) is 69.0 Å². The van der Waals surface area contributed by atoms with Gasteiger partial charge in [0.1, 0.15) is 36.0 Å². The van der Waals surface area contributed by atoms with E-state index in [1.165, 1.54) is 7.11 Å². The van der Waals surface area contributed by atoms with Crippen molar-refractivity contribution in [1.82, 2.24) is 20.0 Å². The molecule has 0 bridgehead atoms. The van der Waals surface area contributed by atoms with Gasteiger partial charge in [0.25, 0.3) is 0 Å². The highest BCUT2D eigenvalue weighted by Crippen LogP contribution is 2.66. The lowest BCUT2D eigenvalue weighted by molar-refractivity contribution is -0.179. The average Bonchev–Trinajstić information content (AvgIpc) is 3.94. The summed E-state index contributed by atoms with van der Waals surface area (Å²) >= 11 is 0. The Hall–Kier alpha value is -8.49. The third-order valence-corrected chi connectivity index (χ3v) is 15.8. The summed E-state index contributed by atoms with van der Waals surface area (Å²) in [4.78, 5) is 85.3. The molecule has 4 amide bonds. The van der Waals surface area contributed by atoms with Crippen molar-refractivity contribution in [3.05, 3.63) is 190 Å². The van der Waals surface area contributed by atoms with Gasteiger partial charge < -0.3 is 39.0 Å². The van der Waals surface area contributed by atoms with Crippen LogP contribution in [0.3, 0.4) is 0 Å². The molecule has 6 aromatic carbocycles. The molecule has 7 atom stereocenters. The molecule has 2 N–H and O–H groups in total. The number of hydrogen-bond acceptors (Lipinski definition) is 13. The number of cyclic esters (lactones) is 1. The number of methoxy groups -OCH3 is 3. The fourth-order valence-corrected chi connectivity index (χ4v) is 12.2. The maximum absolute atomic E-state index is 17.1. The van der Waals surface area contributed by atoms with Gasteiger partial charge in [0.2, 0.25) is 11.8 Å². The Morgan fingerprint density at radius 2 is 1.46 bits per heavy atom. The Morgan fingerprint density at radius 3 is 2.12 bits per heavy atom. The number of benzene rings is 6. The molecule has 80 heavy (non-hydrogen) atoms. The number of carbonyl (C=O) groups excluding carboxylic acids is 5. The number of urea groups is 1. The van der Waals surface area contributed by atoms with Crippen molar-refractivity contribution in [1.29, 1.82) is 0 Å². The number of rotatable bonds is 15. The molecule has 7 unspecified atom stereocenters. The average molecular weight is 1080 g/mol. The van der Waals surface area contributed by atoms with E-state index < -0.39 is 77.3 Å². The number of nitrogens with zero attached hydrogens (tertiary/aromatic N) is 4. The molecular weight excluding hydrogens is 1010 g/mol. The van der Waals surface area contributed by atoms with Gasteiger partial charge in [-0.1, -0.05) is 129 Å². The predicted octanol–water partition coefficient (Wildman–Crippen LogP) is 7.72. The normalized spacial score (nSPS) is 21.4. The molecule has 4 aliphatic heterocycles. The van der Waals surface area contributed by atoms with Crippen LogP contribution in [0.4, 0.5) is 10.5 Å². The molecule has 0 radical (unpaired) electrons. The molecule has 0 aromatic heterocycles. The third-order valence-electron chi connectivity index (χ3n) is 15.8. The zero-order chi connectivity index (χ0) is 56.2. The second kappa shape index (κ2) is 23.5. The van der Waals surface area contributed by atoms with E-state index in [9.17, 15) is 9.90 Å². The molecule has 0 saturated carbocycles. The van der Waals surface area contributed by atoms with Crippen LogP contribution in [0.1, 0.15) is 76.5 Å². The zero-order valence-electron chi connectivity index (χ0n) is 45.7. The van der Waals surface area contributed by atoms with Crippen molar-refractivity contribution in [2.75, 3.05) is 59.6 Å². The zero-order valence-corrected chi connectivity index (χ0v) is 45.7. The molecule has 6 aromatic rings. The molecule has 10 rings (SSSR count). The minimum Gasteiger partial charge on any atom is -0.493 e. The van der Waals surface area contributed by atoms with Crippen LogP contribution in [-0.4, -0.2) is 116 Å². The van der Waals surface area contributed by atoms with Gasteiger partial charge in [-0.2, -0.15) is 0 Å². The van der Waals surface area contributed by atoms with Crippen LogP contribution < -0.4 is 24.4 Å². The summed E-state index contributed by atoms with van der Waals surface area (Å²) in [7, 11) is 6.30. The van der Waals surface area contributed by atoms with E-state index in [0.29, 0.717) is 53.4 Å². The van der Waals surface area contributed by atoms with Gasteiger partial charge >= 0.3 is 18.0 Å². The summed E-state index contributed by atoms with van der Waals surface area (Å²) in [5, 5.41) is 12.8. The largest absolute Gasteiger partial charge is 0.493 e. The van der Waals surface area contributed by atoms with Gasteiger partial charge in [0, 0.05) is 25.2 Å². The van der Waals surface area contributed by atoms with Crippen molar-refractivity contribution < 1.29 is 52.8 Å². The van der Waals surface area contributed by atoms with Crippen LogP contribution in [0.15, 0.2) is 146 Å². The number of anilines is 1. The Morgan fingerprint density at radius 1 is 0.800 bits per heavy atom. The van der Waals surface area contributed by atoms with Gasteiger partial charge in [-0.3, -0.25) is 24.2 Å². The number of imide groups is 1. The number of nitrogens with one attached hydrogen (secondary N) is 1. The maximum Gasteiger partial charge on any atom is 0.329 e. The van der Waals surface area contributed by atoms with Crippen LogP contribution in [-0.2, 0) is 53.6 Å². The summed E-state index contributed by atoms with van der Waals surface area (Å²) in [5.74, 6) is 3.13. The SMILES string of the molecule is COC(=O)C(NC(=O)N1C(=O)C2(c3cc(C#CCN(C)Cc4ccccc4)ccc31)C(C(=O)N1CCc3cc(OC)c(OC)cc3C1)C1C(=O)OC(c3ccccc3)C(c3ccccc3)N1C2c1cccc(OCCO)c1)C(C)C. The van der Waals surface area contributed by atoms with Gasteiger partial charge in [-0.15, -0.1) is 0 Å². The molecule has 1 spiro atoms. The summed E-state index contributed by atoms with van der Waals surface area (Å²) in [6.45, 7) is 4.44. The topological polar surface area (TPSA) is 177 Å². The van der Waals surface area contributed by atoms with Crippen molar-refractivity contribution in [2.24, 2.45) is 11.8 Å². The van der Waals surface area contributed by atoms with Crippen molar-refractivity contribution in [3.63, 3.8) is 0 Å². The Balaban J connectivity index is 1.25. The monoisotopic (exact) mass is 1080 g/mol. The third kappa shape index (κ3) is 10.1. The number of aliphatic hydroxyl groups excluding tert-OH is 1. The first-order valence-corrected chi connectivity index (χ1v) is 26.9. The highest BCUT2D eigenvalue weighted by Gasteiger charge is 2.76. The minimum absolute atomic E-state index is 0.0512. The van der Waals surface area contributed by atoms with Crippen LogP contribution >= 0.6 is 0 Å². The number of esters is 2. The summed E-state index contributed by atoms with van der Waals surface area (Å²) in [6, 6.07) is 39.2. The maximum atomic E-state index is 17.1. The van der Waals surface area contributed by atoms with Crippen LogP contribution in [0.25, 0.3) is 0 Å². The van der Waals surface area contributed by atoms with E-state index in [2.05, 4.69) is 22.1 Å². The molecule has 412 valence electrons. The number of morpholine rings is 1. The smallest absolute Gasteiger partial charge is 0.329 e. The van der Waals surface area contributed by atoms with Gasteiger partial charge in [-0.25, -0.2) is 14.5 Å². The predicted molar refractivity (Wildman–Crippen MR) is 298 cm³/mol. The molecule has 2 saturated heterocycles. The van der Waals surface area contributed by atoms with Gasteiger partial charge in [0.05, 0.1) is 58.2 Å². The fraction of sp³-hybridized carbons (Fsp3) is 0.328. The van der Waals surface area contributed by atoms with Gasteiger partial charge in [0.15, 0.2) is 11.5 Å². The lowest BCUT2D eigenvalue weighted by atomic mass is 9.64.